The lowest BCUT2D eigenvalue weighted by atomic mass is 10.2. The molecule has 1 atom stereocenters. The van der Waals surface area contributed by atoms with Crippen LogP contribution in [-0.4, -0.2) is 11.9 Å². The number of rotatable bonds is 3. The molecule has 0 aliphatic carbocycles. The van der Waals surface area contributed by atoms with Gasteiger partial charge in [-0.25, -0.2) is 0 Å². The van der Waals surface area contributed by atoms with Gasteiger partial charge in [-0.05, 0) is 31.2 Å². The summed E-state index contributed by atoms with van der Waals surface area (Å²) in [6, 6.07) is 7.03. The summed E-state index contributed by atoms with van der Waals surface area (Å²) in [5.74, 6) is 2.40. The molecule has 0 aromatic heterocycles. The number of thiol groups is 1. The molecule has 1 amide bonds. The molecule has 0 heterocycles. The third-order valence-corrected chi connectivity index (χ3v) is 2.23. The van der Waals surface area contributed by atoms with Crippen LogP contribution in [0.5, 0.6) is 0 Å². The Labute approximate surface area is 95.5 Å². The molecule has 1 unspecified atom stereocenters. The molecule has 0 saturated heterocycles. The standard InChI is InChI=1S/C12H13NOS/c1-3-4-9(2)13-12(14)10-5-7-11(15)8-6-10/h1,5-9,15H,4H2,2H3,(H,13,14). The van der Waals surface area contributed by atoms with Crippen LogP contribution in [0.1, 0.15) is 23.7 Å². The average Bonchev–Trinajstić information content (AvgIpc) is 2.18. The number of hydrogen-bond donors (Lipinski definition) is 2. The van der Waals surface area contributed by atoms with Crippen molar-refractivity contribution in [2.24, 2.45) is 0 Å². The zero-order valence-corrected chi connectivity index (χ0v) is 9.42. The van der Waals surface area contributed by atoms with Crippen molar-refractivity contribution in [3.05, 3.63) is 29.8 Å². The van der Waals surface area contributed by atoms with E-state index in [1.807, 2.05) is 6.92 Å². The molecule has 3 heteroatoms. The molecule has 0 aliphatic rings. The van der Waals surface area contributed by atoms with E-state index in [1.54, 1.807) is 24.3 Å². The van der Waals surface area contributed by atoms with Crippen molar-refractivity contribution in [2.75, 3.05) is 0 Å². The molecule has 0 fully saturated rings. The monoisotopic (exact) mass is 219 g/mol. The van der Waals surface area contributed by atoms with Gasteiger partial charge in [-0.15, -0.1) is 25.0 Å². The van der Waals surface area contributed by atoms with Crippen LogP contribution in [0.4, 0.5) is 0 Å². The predicted molar refractivity (Wildman–Crippen MR) is 64.1 cm³/mol. The fourth-order valence-corrected chi connectivity index (χ4v) is 1.30. The van der Waals surface area contributed by atoms with Crippen LogP contribution in [0.15, 0.2) is 29.2 Å². The Hall–Kier alpha value is -1.40. The Balaban J connectivity index is 2.62. The van der Waals surface area contributed by atoms with E-state index in [1.165, 1.54) is 0 Å². The predicted octanol–water partition coefficient (Wildman–Crippen LogP) is 2.12. The van der Waals surface area contributed by atoms with Gasteiger partial charge in [0.2, 0.25) is 0 Å². The molecule has 0 aliphatic heterocycles. The SMILES string of the molecule is C#CCC(C)NC(=O)c1ccc(S)cc1. The number of carbonyl (C=O) groups excluding carboxylic acids is 1. The highest BCUT2D eigenvalue weighted by Crippen LogP contribution is 2.07. The Morgan fingerprint density at radius 3 is 2.67 bits per heavy atom. The Kier molecular flexibility index (Phi) is 4.26. The number of terminal acetylenes is 1. The molecule has 78 valence electrons. The molecule has 0 radical (unpaired) electrons. The Morgan fingerprint density at radius 1 is 1.53 bits per heavy atom. The number of benzene rings is 1. The highest BCUT2D eigenvalue weighted by Gasteiger charge is 2.07. The van der Waals surface area contributed by atoms with Gasteiger partial charge in [0.1, 0.15) is 0 Å². The molecule has 1 aromatic rings. The number of hydrogen-bond acceptors (Lipinski definition) is 2. The lowest BCUT2D eigenvalue weighted by molar-refractivity contribution is 0.0941. The van der Waals surface area contributed by atoms with Crippen LogP contribution in [0.2, 0.25) is 0 Å². The minimum absolute atomic E-state index is 0.00169. The van der Waals surface area contributed by atoms with Crippen molar-refractivity contribution >= 4 is 18.5 Å². The van der Waals surface area contributed by atoms with Crippen LogP contribution in [0.3, 0.4) is 0 Å². The topological polar surface area (TPSA) is 29.1 Å². The molecule has 15 heavy (non-hydrogen) atoms. The lowest BCUT2D eigenvalue weighted by Gasteiger charge is -2.10. The van der Waals surface area contributed by atoms with Gasteiger partial charge >= 0.3 is 0 Å². The summed E-state index contributed by atoms with van der Waals surface area (Å²) < 4.78 is 0. The molecular formula is C12H13NOS. The number of amides is 1. The lowest BCUT2D eigenvalue weighted by Crippen LogP contribution is -2.32. The summed E-state index contributed by atoms with van der Waals surface area (Å²) in [6.07, 6.45) is 5.69. The third-order valence-electron chi connectivity index (χ3n) is 1.93. The van der Waals surface area contributed by atoms with Crippen molar-refractivity contribution in [1.29, 1.82) is 0 Å². The van der Waals surface area contributed by atoms with Crippen LogP contribution in [0.25, 0.3) is 0 Å². The van der Waals surface area contributed by atoms with Crippen LogP contribution in [-0.2, 0) is 0 Å². The van der Waals surface area contributed by atoms with E-state index in [0.717, 1.165) is 4.90 Å². The van der Waals surface area contributed by atoms with Crippen LogP contribution in [0, 0.1) is 12.3 Å². The minimum atomic E-state index is -0.105. The smallest absolute Gasteiger partial charge is 0.251 e. The molecule has 0 saturated carbocycles. The van der Waals surface area contributed by atoms with Gasteiger partial charge in [-0.3, -0.25) is 4.79 Å². The zero-order valence-electron chi connectivity index (χ0n) is 8.53. The Morgan fingerprint density at radius 2 is 2.13 bits per heavy atom. The number of carbonyl (C=O) groups is 1. The van der Waals surface area contributed by atoms with Gasteiger partial charge in [0.15, 0.2) is 0 Å². The van der Waals surface area contributed by atoms with Crippen molar-refractivity contribution < 1.29 is 4.79 Å². The first-order chi connectivity index (χ1) is 7.13. The second-order valence-electron chi connectivity index (χ2n) is 3.33. The second-order valence-corrected chi connectivity index (χ2v) is 3.85. The maximum absolute atomic E-state index is 11.6. The van der Waals surface area contributed by atoms with E-state index >= 15 is 0 Å². The van der Waals surface area contributed by atoms with Crippen molar-refractivity contribution in [1.82, 2.24) is 5.32 Å². The molecule has 1 rings (SSSR count). The first kappa shape index (κ1) is 11.7. The largest absolute Gasteiger partial charge is 0.349 e. The Bertz CT molecular complexity index is 378. The summed E-state index contributed by atoms with van der Waals surface area (Å²) in [4.78, 5) is 12.5. The fraction of sp³-hybridized carbons (Fsp3) is 0.250. The summed E-state index contributed by atoms with van der Waals surface area (Å²) in [5.41, 5.74) is 0.622. The first-order valence-electron chi connectivity index (χ1n) is 4.67. The van der Waals surface area contributed by atoms with Crippen molar-refractivity contribution in [3.8, 4) is 12.3 Å². The summed E-state index contributed by atoms with van der Waals surface area (Å²) >= 11 is 4.15. The summed E-state index contributed by atoms with van der Waals surface area (Å²) in [6.45, 7) is 1.88. The maximum atomic E-state index is 11.6. The highest BCUT2D eigenvalue weighted by molar-refractivity contribution is 7.80. The van der Waals surface area contributed by atoms with Crippen LogP contribution >= 0.6 is 12.6 Å². The molecule has 1 N–H and O–H groups in total. The van der Waals surface area contributed by atoms with E-state index in [4.69, 9.17) is 6.42 Å². The highest BCUT2D eigenvalue weighted by atomic mass is 32.1. The first-order valence-corrected chi connectivity index (χ1v) is 5.11. The van der Waals surface area contributed by atoms with Crippen molar-refractivity contribution in [3.63, 3.8) is 0 Å². The minimum Gasteiger partial charge on any atom is -0.349 e. The van der Waals surface area contributed by atoms with Crippen molar-refractivity contribution in [2.45, 2.75) is 24.3 Å². The van der Waals surface area contributed by atoms with E-state index < -0.39 is 0 Å². The van der Waals surface area contributed by atoms with E-state index in [0.29, 0.717) is 12.0 Å². The maximum Gasteiger partial charge on any atom is 0.251 e. The average molecular weight is 219 g/mol. The third kappa shape index (κ3) is 3.69. The van der Waals surface area contributed by atoms with E-state index in [2.05, 4.69) is 23.9 Å². The quantitative estimate of drug-likeness (QED) is 0.592. The zero-order chi connectivity index (χ0) is 11.3. The normalized spacial score (nSPS) is 11.5. The van der Waals surface area contributed by atoms with E-state index in [9.17, 15) is 4.79 Å². The second kappa shape index (κ2) is 5.47. The molecule has 1 aromatic carbocycles. The van der Waals surface area contributed by atoms with Gasteiger partial charge in [-0.2, -0.15) is 0 Å². The molecule has 0 spiro atoms. The van der Waals surface area contributed by atoms with E-state index in [-0.39, 0.29) is 11.9 Å². The molecule has 2 nitrogen and oxygen atoms in total. The van der Waals surface area contributed by atoms with Gasteiger partial charge in [-0.1, -0.05) is 0 Å². The van der Waals surface area contributed by atoms with Gasteiger partial charge in [0, 0.05) is 22.9 Å². The van der Waals surface area contributed by atoms with Gasteiger partial charge in [0.25, 0.3) is 5.91 Å². The summed E-state index contributed by atoms with van der Waals surface area (Å²) in [7, 11) is 0. The molecule has 0 bridgehead atoms. The van der Waals surface area contributed by atoms with Gasteiger partial charge in [0.05, 0.1) is 0 Å². The molecular weight excluding hydrogens is 206 g/mol. The van der Waals surface area contributed by atoms with Crippen LogP contribution < -0.4 is 5.32 Å². The fourth-order valence-electron chi connectivity index (χ4n) is 1.15. The number of nitrogens with one attached hydrogen (secondary N) is 1. The summed E-state index contributed by atoms with van der Waals surface area (Å²) in [5, 5.41) is 2.81. The van der Waals surface area contributed by atoms with Gasteiger partial charge < -0.3 is 5.32 Å².